The molecule has 2 atom stereocenters. The molecule has 0 aliphatic carbocycles. The van der Waals surface area contributed by atoms with E-state index in [9.17, 15) is 13.2 Å². The lowest BCUT2D eigenvalue weighted by Gasteiger charge is -2.23. The van der Waals surface area contributed by atoms with Crippen LogP contribution in [0.15, 0.2) is 18.2 Å². The minimum atomic E-state index is -4.55. The summed E-state index contributed by atoms with van der Waals surface area (Å²) in [7, 11) is 2.69. The third kappa shape index (κ3) is 3.55. The van der Waals surface area contributed by atoms with Gasteiger partial charge in [0, 0.05) is 5.56 Å². The first-order valence-corrected chi connectivity index (χ1v) is 5.97. The largest absolute Gasteiger partial charge is 0.497 e. The van der Waals surface area contributed by atoms with E-state index in [1.54, 1.807) is 0 Å². The first kappa shape index (κ1) is 14.9. The number of alkyl halides is 3. The molecule has 0 radical (unpaired) electrons. The molecule has 0 unspecified atom stereocenters. The van der Waals surface area contributed by atoms with Crippen LogP contribution in [0.25, 0.3) is 0 Å². The second-order valence-electron chi connectivity index (χ2n) is 4.32. The summed E-state index contributed by atoms with van der Waals surface area (Å²) in [5.41, 5.74) is -0.111. The maximum Gasteiger partial charge on any atom is 0.419 e. The third-order valence-electron chi connectivity index (χ3n) is 2.87. The maximum absolute atomic E-state index is 13.2. The monoisotopic (exact) mass is 292 g/mol. The zero-order valence-electron chi connectivity index (χ0n) is 11.1. The Kier molecular flexibility index (Phi) is 4.39. The molecule has 1 saturated heterocycles. The van der Waals surface area contributed by atoms with E-state index in [2.05, 4.69) is 0 Å². The first-order valence-electron chi connectivity index (χ1n) is 5.97. The Labute approximate surface area is 114 Å². The van der Waals surface area contributed by atoms with Gasteiger partial charge in [-0.3, -0.25) is 0 Å². The normalized spacial score (nSPS) is 19.6. The highest BCUT2D eigenvalue weighted by Crippen LogP contribution is 2.41. The summed E-state index contributed by atoms with van der Waals surface area (Å²) in [5, 5.41) is 0. The van der Waals surface area contributed by atoms with Crippen molar-refractivity contribution in [2.75, 3.05) is 27.4 Å². The quantitative estimate of drug-likeness (QED) is 0.756. The van der Waals surface area contributed by atoms with Gasteiger partial charge < -0.3 is 18.9 Å². The van der Waals surface area contributed by atoms with Gasteiger partial charge >= 0.3 is 6.18 Å². The molecular weight excluding hydrogens is 277 g/mol. The van der Waals surface area contributed by atoms with Gasteiger partial charge in [-0.2, -0.15) is 13.2 Å². The Morgan fingerprint density at radius 2 is 2.00 bits per heavy atom. The van der Waals surface area contributed by atoms with Crippen LogP contribution < -0.4 is 9.47 Å². The SMILES string of the molecule is COc1ccc(OC)c([C@H](OC[C@@H]2CO2)C(F)(F)F)c1. The van der Waals surface area contributed by atoms with Crippen molar-refractivity contribution in [2.24, 2.45) is 0 Å². The van der Waals surface area contributed by atoms with Gasteiger partial charge in [-0.15, -0.1) is 0 Å². The fraction of sp³-hybridized carbons (Fsp3) is 0.538. The van der Waals surface area contributed by atoms with Gasteiger partial charge in [-0.1, -0.05) is 0 Å². The van der Waals surface area contributed by atoms with Gasteiger partial charge in [0.15, 0.2) is 6.10 Å². The van der Waals surface area contributed by atoms with E-state index in [1.165, 1.54) is 32.4 Å². The molecule has 1 aromatic rings. The molecule has 1 heterocycles. The van der Waals surface area contributed by atoms with Crippen molar-refractivity contribution >= 4 is 0 Å². The lowest BCUT2D eigenvalue weighted by molar-refractivity contribution is -0.225. The maximum atomic E-state index is 13.2. The van der Waals surface area contributed by atoms with Crippen molar-refractivity contribution in [1.82, 2.24) is 0 Å². The van der Waals surface area contributed by atoms with Crippen LogP contribution in [-0.2, 0) is 9.47 Å². The zero-order valence-corrected chi connectivity index (χ0v) is 11.1. The number of methoxy groups -OCH3 is 2. The van der Waals surface area contributed by atoms with Gasteiger partial charge in [-0.25, -0.2) is 0 Å². The van der Waals surface area contributed by atoms with Crippen molar-refractivity contribution in [1.29, 1.82) is 0 Å². The average Bonchev–Trinajstić information content (AvgIpc) is 3.21. The lowest BCUT2D eigenvalue weighted by Crippen LogP contribution is -2.25. The highest BCUT2D eigenvalue weighted by atomic mass is 19.4. The number of rotatable bonds is 6. The smallest absolute Gasteiger partial charge is 0.419 e. The van der Waals surface area contributed by atoms with Crippen LogP contribution in [0.3, 0.4) is 0 Å². The van der Waals surface area contributed by atoms with Crippen molar-refractivity contribution in [3.05, 3.63) is 23.8 Å². The zero-order chi connectivity index (χ0) is 14.8. The number of halogens is 3. The Morgan fingerprint density at radius 3 is 2.50 bits per heavy atom. The van der Waals surface area contributed by atoms with E-state index in [4.69, 9.17) is 18.9 Å². The molecule has 0 amide bonds. The highest BCUT2D eigenvalue weighted by molar-refractivity contribution is 5.42. The van der Waals surface area contributed by atoms with Gasteiger partial charge in [-0.05, 0) is 18.2 Å². The van der Waals surface area contributed by atoms with E-state index in [0.717, 1.165) is 0 Å². The molecule has 2 rings (SSSR count). The molecule has 0 saturated carbocycles. The van der Waals surface area contributed by atoms with E-state index in [-0.39, 0.29) is 24.0 Å². The Morgan fingerprint density at radius 1 is 1.30 bits per heavy atom. The van der Waals surface area contributed by atoms with Crippen molar-refractivity contribution in [2.45, 2.75) is 18.4 Å². The second-order valence-corrected chi connectivity index (χ2v) is 4.32. The standard InChI is InChI=1S/C13H15F3O4/c1-17-8-3-4-11(18-2)10(5-8)12(13(14,15)16)20-7-9-6-19-9/h3-5,9,12H,6-7H2,1-2H3/t9-,12-/m0/s1. The molecule has 1 aromatic carbocycles. The predicted molar refractivity (Wildman–Crippen MR) is 64.0 cm³/mol. The molecule has 0 N–H and O–H groups in total. The number of epoxide rings is 1. The Bertz CT molecular complexity index is 457. The molecule has 0 aromatic heterocycles. The van der Waals surface area contributed by atoms with E-state index in [1.807, 2.05) is 0 Å². The number of benzene rings is 1. The summed E-state index contributed by atoms with van der Waals surface area (Å²) in [5.74, 6) is 0.408. The summed E-state index contributed by atoms with van der Waals surface area (Å²) < 4.78 is 59.3. The molecule has 7 heteroatoms. The van der Waals surface area contributed by atoms with Gasteiger partial charge in [0.25, 0.3) is 0 Å². The van der Waals surface area contributed by atoms with Crippen LogP contribution in [0.5, 0.6) is 11.5 Å². The Balaban J connectivity index is 2.29. The minimum Gasteiger partial charge on any atom is -0.497 e. The Hall–Kier alpha value is -1.47. The number of hydrogen-bond donors (Lipinski definition) is 0. The number of ether oxygens (including phenoxy) is 4. The van der Waals surface area contributed by atoms with Gasteiger partial charge in [0.2, 0.25) is 0 Å². The van der Waals surface area contributed by atoms with Crippen LogP contribution in [0, 0.1) is 0 Å². The van der Waals surface area contributed by atoms with Crippen molar-refractivity contribution in [3.63, 3.8) is 0 Å². The van der Waals surface area contributed by atoms with Crippen molar-refractivity contribution in [3.8, 4) is 11.5 Å². The molecule has 4 nitrogen and oxygen atoms in total. The van der Waals surface area contributed by atoms with E-state index >= 15 is 0 Å². The molecule has 1 fully saturated rings. The van der Waals surface area contributed by atoms with Crippen LogP contribution in [0.1, 0.15) is 11.7 Å². The minimum absolute atomic E-state index is 0.102. The first-order chi connectivity index (χ1) is 9.45. The predicted octanol–water partition coefficient (Wildman–Crippen LogP) is 2.72. The van der Waals surface area contributed by atoms with E-state index in [0.29, 0.717) is 12.4 Å². The summed E-state index contributed by atoms with van der Waals surface area (Å²) in [6.07, 6.45) is -6.87. The molecule has 20 heavy (non-hydrogen) atoms. The molecule has 1 aliphatic rings. The summed E-state index contributed by atoms with van der Waals surface area (Å²) in [6.45, 7) is 0.324. The molecule has 112 valence electrons. The third-order valence-corrected chi connectivity index (χ3v) is 2.87. The molecular formula is C13H15F3O4. The fourth-order valence-corrected chi connectivity index (χ4v) is 1.77. The summed E-state index contributed by atoms with van der Waals surface area (Å²) >= 11 is 0. The van der Waals surface area contributed by atoms with Crippen molar-refractivity contribution < 1.29 is 32.1 Å². The second kappa shape index (κ2) is 5.88. The van der Waals surface area contributed by atoms with Gasteiger partial charge in [0.05, 0.1) is 27.4 Å². The summed E-state index contributed by atoms with van der Waals surface area (Å²) in [6, 6.07) is 4.22. The van der Waals surface area contributed by atoms with Crippen LogP contribution in [0.2, 0.25) is 0 Å². The number of hydrogen-bond acceptors (Lipinski definition) is 4. The van der Waals surface area contributed by atoms with E-state index < -0.39 is 12.3 Å². The van der Waals surface area contributed by atoms with Gasteiger partial charge in [0.1, 0.15) is 17.6 Å². The lowest BCUT2D eigenvalue weighted by atomic mass is 10.1. The highest BCUT2D eigenvalue weighted by Gasteiger charge is 2.44. The summed E-state index contributed by atoms with van der Waals surface area (Å²) in [4.78, 5) is 0. The fourth-order valence-electron chi connectivity index (χ4n) is 1.77. The van der Waals surface area contributed by atoms with Crippen LogP contribution in [0.4, 0.5) is 13.2 Å². The molecule has 1 aliphatic heterocycles. The van der Waals surface area contributed by atoms with Crippen LogP contribution >= 0.6 is 0 Å². The molecule has 0 bridgehead atoms. The van der Waals surface area contributed by atoms with Crippen LogP contribution in [-0.4, -0.2) is 39.7 Å². The average molecular weight is 292 g/mol. The molecule has 0 spiro atoms. The topological polar surface area (TPSA) is 40.2 Å².